The second kappa shape index (κ2) is 14.6. The van der Waals surface area contributed by atoms with Crippen molar-refractivity contribution in [2.24, 2.45) is 0 Å². The molecule has 11 rings (SSSR count). The summed E-state index contributed by atoms with van der Waals surface area (Å²) in [7, 11) is 0. The van der Waals surface area contributed by atoms with E-state index < -0.39 is 0 Å². The first kappa shape index (κ1) is 34.2. The van der Waals surface area contributed by atoms with Crippen molar-refractivity contribution in [3.05, 3.63) is 156 Å². The van der Waals surface area contributed by atoms with Crippen LogP contribution in [0.2, 0.25) is 10.0 Å². The summed E-state index contributed by atoms with van der Waals surface area (Å²) < 4.78 is 0. The van der Waals surface area contributed by atoms with Crippen LogP contribution >= 0.6 is 23.2 Å². The summed E-state index contributed by atoms with van der Waals surface area (Å²) in [5, 5.41) is 7.30. The van der Waals surface area contributed by atoms with Gasteiger partial charge in [0, 0.05) is 69.5 Å². The summed E-state index contributed by atoms with van der Waals surface area (Å²) in [5.74, 6) is 0. The molecule has 11 aromatic rings. The van der Waals surface area contributed by atoms with Gasteiger partial charge in [-0.3, -0.25) is 29.9 Å². The first-order chi connectivity index (χ1) is 25.6. The molecular weight excluding hydrogens is 788 g/mol. The zero-order valence-electron chi connectivity index (χ0n) is 27.5. The number of pyridine rings is 6. The number of hydrogen-bond donors (Lipinski definition) is 0. The van der Waals surface area contributed by atoms with Crippen LogP contribution < -0.4 is 0 Å². The number of nitrogens with zero attached hydrogens (tertiary/aromatic N) is 8. The molecule has 0 atom stereocenters. The number of halogens is 2. The normalized spacial score (nSPS) is 11.1. The van der Waals surface area contributed by atoms with Gasteiger partial charge in [0.1, 0.15) is 0 Å². The summed E-state index contributed by atoms with van der Waals surface area (Å²) in [6, 6.07) is 35.5. The van der Waals surface area contributed by atoms with Gasteiger partial charge >= 0.3 is 19.5 Å². The molecule has 0 saturated heterocycles. The molecule has 7 aromatic heterocycles. The molecule has 252 valence electrons. The summed E-state index contributed by atoms with van der Waals surface area (Å²) in [4.78, 5) is 35.9. The Morgan fingerprint density at radius 2 is 0.604 bits per heavy atom. The topological polar surface area (TPSA) is 103 Å². The van der Waals surface area contributed by atoms with E-state index in [-0.39, 0.29) is 19.5 Å². The van der Waals surface area contributed by atoms with E-state index in [2.05, 4.69) is 78.4 Å². The van der Waals surface area contributed by atoms with Gasteiger partial charge in [-0.05, 0) is 60.7 Å². The Hall–Kier alpha value is -5.86. The third-order valence-corrected chi connectivity index (χ3v) is 9.47. The Bertz CT molecular complexity index is 2820. The minimum Gasteiger partial charge on any atom is -0.254 e. The minimum atomic E-state index is 0. The van der Waals surface area contributed by atoms with Gasteiger partial charge < -0.3 is 0 Å². The van der Waals surface area contributed by atoms with Crippen molar-refractivity contribution in [1.82, 2.24) is 39.9 Å². The molecule has 53 heavy (non-hydrogen) atoms. The van der Waals surface area contributed by atoms with Crippen molar-refractivity contribution in [3.8, 4) is 0 Å². The number of fused-ring (bicyclic) bond motifs is 13. The van der Waals surface area contributed by atoms with Crippen molar-refractivity contribution in [3.63, 3.8) is 0 Å². The maximum Gasteiger partial charge on any atom is 2.00 e. The molecule has 7 heterocycles. The van der Waals surface area contributed by atoms with Crippen LogP contribution in [0, 0.1) is 0 Å². The Morgan fingerprint density at radius 3 is 0.925 bits per heavy atom. The van der Waals surface area contributed by atoms with Crippen molar-refractivity contribution in [2.75, 3.05) is 0 Å². The average Bonchev–Trinajstić information content (AvgIpc) is 3.21. The smallest absolute Gasteiger partial charge is 0.254 e. The van der Waals surface area contributed by atoms with Gasteiger partial charge in [0.25, 0.3) is 0 Å². The molecule has 11 heteroatoms. The summed E-state index contributed by atoms with van der Waals surface area (Å²) >= 11 is 12.3. The summed E-state index contributed by atoms with van der Waals surface area (Å²) in [6.07, 6.45) is 10.7. The van der Waals surface area contributed by atoms with Gasteiger partial charge in [0.05, 0.1) is 65.2 Å². The van der Waals surface area contributed by atoms with E-state index in [1.54, 1.807) is 49.3 Å². The quantitative estimate of drug-likeness (QED) is 0.0847. The molecule has 0 bridgehead atoms. The molecular formula is C42H24Cl2N8Ru+2. The molecule has 8 nitrogen and oxygen atoms in total. The molecule has 0 spiro atoms. The van der Waals surface area contributed by atoms with Crippen molar-refractivity contribution in [2.45, 2.75) is 0 Å². The van der Waals surface area contributed by atoms with Gasteiger partial charge in [0.2, 0.25) is 0 Å². The second-order valence-electron chi connectivity index (χ2n) is 11.9. The fraction of sp³-hybridized carbons (Fsp3) is 0. The SMILES string of the molecule is Clc1cc2nc3c4cccnc4c4ncccc4c3nc2cc1Cl.[Ru+2].c1cnc2c(c1)ccc1cccnc12.c1cnc2c(c1)ccc1cccnc12. The molecule has 0 aliphatic rings. The van der Waals surface area contributed by atoms with E-state index in [1.165, 1.54) is 0 Å². The first-order valence-electron chi connectivity index (χ1n) is 16.4. The maximum absolute atomic E-state index is 6.13. The Morgan fingerprint density at radius 1 is 0.321 bits per heavy atom. The number of hydrogen-bond acceptors (Lipinski definition) is 8. The molecule has 0 unspecified atom stereocenters. The first-order valence-corrected chi connectivity index (χ1v) is 17.1. The molecule has 0 aliphatic heterocycles. The summed E-state index contributed by atoms with van der Waals surface area (Å²) in [5.41, 5.74) is 8.50. The van der Waals surface area contributed by atoms with Gasteiger partial charge in [-0.1, -0.05) is 71.7 Å². The fourth-order valence-corrected chi connectivity index (χ4v) is 6.67. The predicted molar refractivity (Wildman–Crippen MR) is 212 cm³/mol. The minimum absolute atomic E-state index is 0. The van der Waals surface area contributed by atoms with E-state index in [1.807, 2.05) is 48.5 Å². The van der Waals surface area contributed by atoms with Gasteiger partial charge in [-0.25, -0.2) is 9.97 Å². The molecule has 4 aromatic carbocycles. The summed E-state index contributed by atoms with van der Waals surface area (Å²) in [6.45, 7) is 0. The largest absolute Gasteiger partial charge is 2.00 e. The zero-order chi connectivity index (χ0) is 35.0. The van der Waals surface area contributed by atoms with E-state index in [4.69, 9.17) is 33.2 Å². The van der Waals surface area contributed by atoms with Crippen LogP contribution in [-0.2, 0) is 19.5 Å². The van der Waals surface area contributed by atoms with E-state index in [0.29, 0.717) is 21.1 Å². The number of rotatable bonds is 0. The molecule has 0 radical (unpaired) electrons. The van der Waals surface area contributed by atoms with E-state index in [0.717, 1.165) is 76.5 Å². The van der Waals surface area contributed by atoms with Crippen LogP contribution in [0.4, 0.5) is 0 Å². The molecule has 0 fully saturated rings. The molecule has 0 aliphatic carbocycles. The molecule has 0 amide bonds. The Labute approximate surface area is 324 Å². The third-order valence-electron chi connectivity index (χ3n) is 8.75. The van der Waals surface area contributed by atoms with Crippen molar-refractivity contribution < 1.29 is 19.5 Å². The Balaban J connectivity index is 0.000000119. The molecule has 0 saturated carbocycles. The van der Waals surface area contributed by atoms with Gasteiger partial charge in [-0.15, -0.1) is 0 Å². The Kier molecular flexibility index (Phi) is 9.46. The van der Waals surface area contributed by atoms with Gasteiger partial charge in [0.15, 0.2) is 0 Å². The molecule has 0 N–H and O–H groups in total. The van der Waals surface area contributed by atoms with Crippen LogP contribution in [0.25, 0.3) is 87.5 Å². The zero-order valence-corrected chi connectivity index (χ0v) is 30.8. The van der Waals surface area contributed by atoms with Crippen molar-refractivity contribution in [1.29, 1.82) is 0 Å². The van der Waals surface area contributed by atoms with E-state index in [9.17, 15) is 0 Å². The number of aromatic nitrogens is 8. The van der Waals surface area contributed by atoms with Crippen LogP contribution in [-0.4, -0.2) is 39.9 Å². The average molecular weight is 813 g/mol. The standard InChI is InChI=1S/C18H8Cl2N4.2C12H8N2.Ru/c19-11-7-13-14(8-12(11)20)24-18-10-4-2-6-22-16(10)15-9(17(18)23-13)3-1-5-21-15;2*1-3-9-5-6-10-4-2-8-14-12(10)11(9)13-7-1;/h1-8H;2*1-8H;/q;;;+2. The number of benzene rings is 4. The third kappa shape index (κ3) is 6.44. The van der Waals surface area contributed by atoms with Crippen LogP contribution in [0.5, 0.6) is 0 Å². The van der Waals surface area contributed by atoms with Crippen molar-refractivity contribution >= 4 is 111 Å². The second-order valence-corrected chi connectivity index (χ2v) is 12.7. The van der Waals surface area contributed by atoms with Gasteiger partial charge in [-0.2, -0.15) is 0 Å². The monoisotopic (exact) mass is 812 g/mol. The van der Waals surface area contributed by atoms with E-state index >= 15 is 0 Å². The van der Waals surface area contributed by atoms with Crippen LogP contribution in [0.15, 0.2) is 146 Å². The van der Waals surface area contributed by atoms with Crippen LogP contribution in [0.1, 0.15) is 0 Å². The van der Waals surface area contributed by atoms with Crippen LogP contribution in [0.3, 0.4) is 0 Å². The predicted octanol–water partition coefficient (Wildman–Crippen LogP) is 10.7. The maximum atomic E-state index is 6.13. The fourth-order valence-electron chi connectivity index (χ4n) is 6.36.